The third kappa shape index (κ3) is 2.64. The summed E-state index contributed by atoms with van der Waals surface area (Å²) in [7, 11) is 0. The summed E-state index contributed by atoms with van der Waals surface area (Å²) >= 11 is 3.21. The number of hydrogen-bond donors (Lipinski definition) is 1. The molecule has 0 aliphatic heterocycles. The summed E-state index contributed by atoms with van der Waals surface area (Å²) in [5.74, 6) is 0.00990. The van der Waals surface area contributed by atoms with Crippen LogP contribution in [0.5, 0.6) is 0 Å². The Labute approximate surface area is 125 Å². The van der Waals surface area contributed by atoms with Crippen molar-refractivity contribution in [2.24, 2.45) is 0 Å². The first kappa shape index (κ1) is 13.4. The summed E-state index contributed by atoms with van der Waals surface area (Å²) in [6, 6.07) is 6.45. The molecule has 104 valence electrons. The van der Waals surface area contributed by atoms with Crippen LogP contribution in [-0.2, 0) is 6.54 Å². The number of fused-ring (bicyclic) bond motifs is 1. The van der Waals surface area contributed by atoms with Gasteiger partial charge in [-0.2, -0.15) is 0 Å². The van der Waals surface area contributed by atoms with Crippen molar-refractivity contribution in [3.63, 3.8) is 0 Å². The van der Waals surface area contributed by atoms with Gasteiger partial charge in [-0.05, 0) is 31.4 Å². The van der Waals surface area contributed by atoms with Crippen molar-refractivity contribution < 1.29 is 4.79 Å². The Kier molecular flexibility index (Phi) is 3.63. The van der Waals surface area contributed by atoms with E-state index < -0.39 is 0 Å². The van der Waals surface area contributed by atoms with E-state index in [1.165, 1.54) is 9.58 Å². The molecule has 0 aliphatic rings. The molecule has 3 rings (SSSR count). The number of amides is 1. The molecule has 1 amide bonds. The average Bonchev–Trinajstić information content (AvgIpc) is 3.10. The van der Waals surface area contributed by atoms with Crippen LogP contribution in [0.4, 0.5) is 0 Å². The maximum atomic E-state index is 12.1. The highest BCUT2D eigenvalue weighted by molar-refractivity contribution is 7.20. The normalized spacial score (nSPS) is 11.3. The zero-order valence-corrected chi connectivity index (χ0v) is 13.1. The smallest absolute Gasteiger partial charge is 0.261 e. The number of thiophene rings is 2. The molecule has 20 heavy (non-hydrogen) atoms. The Balaban J connectivity index is 1.73. The van der Waals surface area contributed by atoms with Crippen LogP contribution in [0.15, 0.2) is 36.0 Å². The number of carbonyl (C=O) groups is 1. The average molecular weight is 304 g/mol. The van der Waals surface area contributed by atoms with Gasteiger partial charge in [-0.15, -0.1) is 22.7 Å². The summed E-state index contributed by atoms with van der Waals surface area (Å²) in [6.07, 6.45) is 4.22. The Hall–Kier alpha value is -1.59. The van der Waals surface area contributed by atoms with Crippen LogP contribution < -0.4 is 5.32 Å². The monoisotopic (exact) mass is 304 g/mol. The van der Waals surface area contributed by atoms with Gasteiger partial charge in [0, 0.05) is 28.7 Å². The van der Waals surface area contributed by atoms with Crippen molar-refractivity contribution in [3.05, 3.63) is 45.7 Å². The minimum atomic E-state index is 0.00990. The van der Waals surface area contributed by atoms with Crippen molar-refractivity contribution in [1.29, 1.82) is 0 Å². The molecule has 0 saturated carbocycles. The number of nitrogens with one attached hydrogen (secondary N) is 1. The Morgan fingerprint density at radius 1 is 1.40 bits per heavy atom. The highest BCUT2D eigenvalue weighted by atomic mass is 32.1. The van der Waals surface area contributed by atoms with Crippen molar-refractivity contribution in [1.82, 2.24) is 9.88 Å². The molecule has 3 aromatic rings. The lowest BCUT2D eigenvalue weighted by atomic mass is 10.3. The van der Waals surface area contributed by atoms with Gasteiger partial charge >= 0.3 is 0 Å². The molecule has 0 fully saturated rings. The molecular weight excluding hydrogens is 288 g/mol. The fourth-order valence-electron chi connectivity index (χ4n) is 2.03. The van der Waals surface area contributed by atoms with Gasteiger partial charge in [0.1, 0.15) is 0 Å². The molecule has 1 N–H and O–H groups in total. The van der Waals surface area contributed by atoms with E-state index in [1.807, 2.05) is 23.6 Å². The van der Waals surface area contributed by atoms with E-state index in [0.29, 0.717) is 12.6 Å². The first-order valence-electron chi connectivity index (χ1n) is 6.55. The maximum Gasteiger partial charge on any atom is 0.261 e. The van der Waals surface area contributed by atoms with Gasteiger partial charge in [0.25, 0.3) is 5.91 Å². The van der Waals surface area contributed by atoms with E-state index in [4.69, 9.17) is 0 Å². The molecule has 0 aromatic carbocycles. The van der Waals surface area contributed by atoms with E-state index in [9.17, 15) is 4.79 Å². The SMILES string of the molecule is CC(C)n1cc2cc(C(=O)NCc3cccs3)sc2c1. The van der Waals surface area contributed by atoms with E-state index in [2.05, 4.69) is 36.1 Å². The fourth-order valence-corrected chi connectivity index (χ4v) is 3.67. The number of rotatable bonds is 4. The van der Waals surface area contributed by atoms with E-state index in [0.717, 1.165) is 10.3 Å². The van der Waals surface area contributed by atoms with E-state index >= 15 is 0 Å². The molecule has 0 aliphatic carbocycles. The third-order valence-corrected chi connectivity index (χ3v) is 5.13. The van der Waals surface area contributed by atoms with Crippen LogP contribution in [0.25, 0.3) is 10.1 Å². The predicted molar refractivity (Wildman–Crippen MR) is 85.7 cm³/mol. The van der Waals surface area contributed by atoms with Crippen LogP contribution in [0.3, 0.4) is 0 Å². The summed E-state index contributed by atoms with van der Waals surface area (Å²) in [5, 5.41) is 6.13. The molecule has 0 atom stereocenters. The number of carbonyl (C=O) groups excluding carboxylic acids is 1. The standard InChI is InChI=1S/C15H16N2OS2/c1-10(2)17-8-11-6-13(20-14(11)9-17)15(18)16-7-12-4-3-5-19-12/h3-6,8-10H,7H2,1-2H3,(H,16,18). The molecule has 0 unspecified atom stereocenters. The van der Waals surface area contributed by atoms with Gasteiger partial charge in [-0.3, -0.25) is 4.79 Å². The Morgan fingerprint density at radius 2 is 2.25 bits per heavy atom. The third-order valence-electron chi connectivity index (χ3n) is 3.17. The van der Waals surface area contributed by atoms with Crippen molar-refractivity contribution in [3.8, 4) is 0 Å². The van der Waals surface area contributed by atoms with Gasteiger partial charge in [-0.1, -0.05) is 6.07 Å². The largest absolute Gasteiger partial charge is 0.350 e. The molecule has 0 bridgehead atoms. The lowest BCUT2D eigenvalue weighted by molar-refractivity contribution is 0.0955. The first-order valence-corrected chi connectivity index (χ1v) is 8.24. The summed E-state index contributed by atoms with van der Waals surface area (Å²) < 4.78 is 3.34. The second-order valence-electron chi connectivity index (χ2n) is 4.99. The molecule has 0 spiro atoms. The second kappa shape index (κ2) is 5.42. The molecule has 5 heteroatoms. The van der Waals surface area contributed by atoms with Gasteiger partial charge < -0.3 is 9.88 Å². The second-order valence-corrected chi connectivity index (χ2v) is 7.11. The molecule has 3 aromatic heterocycles. The number of aromatic nitrogens is 1. The van der Waals surface area contributed by atoms with Crippen molar-refractivity contribution in [2.45, 2.75) is 26.4 Å². The highest BCUT2D eigenvalue weighted by Crippen LogP contribution is 2.28. The van der Waals surface area contributed by atoms with Crippen molar-refractivity contribution in [2.75, 3.05) is 0 Å². The minimum absolute atomic E-state index is 0.00990. The summed E-state index contributed by atoms with van der Waals surface area (Å²) in [5.41, 5.74) is 0. The van der Waals surface area contributed by atoms with Crippen molar-refractivity contribution >= 4 is 38.7 Å². The molecule has 0 radical (unpaired) electrons. The zero-order chi connectivity index (χ0) is 14.1. The zero-order valence-electron chi connectivity index (χ0n) is 11.4. The van der Waals surface area contributed by atoms with Gasteiger partial charge in [0.15, 0.2) is 0 Å². The topological polar surface area (TPSA) is 34.0 Å². The Bertz CT molecular complexity index is 691. The van der Waals surface area contributed by atoms with Crippen LogP contribution >= 0.6 is 22.7 Å². The first-order chi connectivity index (χ1) is 9.63. The quantitative estimate of drug-likeness (QED) is 0.767. The van der Waals surface area contributed by atoms with Crippen LogP contribution in [0, 0.1) is 0 Å². The van der Waals surface area contributed by atoms with Gasteiger partial charge in [-0.25, -0.2) is 0 Å². The number of hydrogen-bond acceptors (Lipinski definition) is 3. The van der Waals surface area contributed by atoms with E-state index in [-0.39, 0.29) is 5.91 Å². The summed E-state index contributed by atoms with van der Waals surface area (Å²) in [6.45, 7) is 4.90. The molecule has 3 heterocycles. The summed E-state index contributed by atoms with van der Waals surface area (Å²) in [4.78, 5) is 14.1. The van der Waals surface area contributed by atoms with Gasteiger partial charge in [0.05, 0.1) is 16.1 Å². The van der Waals surface area contributed by atoms with E-state index in [1.54, 1.807) is 22.7 Å². The van der Waals surface area contributed by atoms with Crippen LogP contribution in [0.2, 0.25) is 0 Å². The lowest BCUT2D eigenvalue weighted by Gasteiger charge is -2.05. The predicted octanol–water partition coefficient (Wildman–Crippen LogP) is 4.28. The fraction of sp³-hybridized carbons (Fsp3) is 0.267. The minimum Gasteiger partial charge on any atom is -0.350 e. The van der Waals surface area contributed by atoms with Gasteiger partial charge in [0.2, 0.25) is 0 Å². The van der Waals surface area contributed by atoms with Crippen LogP contribution in [0.1, 0.15) is 34.4 Å². The molecule has 3 nitrogen and oxygen atoms in total. The lowest BCUT2D eigenvalue weighted by Crippen LogP contribution is -2.21. The highest BCUT2D eigenvalue weighted by Gasteiger charge is 2.12. The maximum absolute atomic E-state index is 12.1. The van der Waals surface area contributed by atoms with Crippen LogP contribution in [-0.4, -0.2) is 10.5 Å². The molecular formula is C15H16N2OS2. The molecule has 0 saturated heterocycles. The Morgan fingerprint density at radius 3 is 2.90 bits per heavy atom. The number of nitrogens with zero attached hydrogens (tertiary/aromatic N) is 1.